The molecule has 2 N–H and O–H groups in total. The highest BCUT2D eigenvalue weighted by molar-refractivity contribution is 14.0. The summed E-state index contributed by atoms with van der Waals surface area (Å²) >= 11 is 0. The number of aliphatic imine (C=N–C) groups is 1. The highest BCUT2D eigenvalue weighted by atomic mass is 127. The molecule has 2 aliphatic rings. The summed E-state index contributed by atoms with van der Waals surface area (Å²) in [5, 5.41) is 0. The molecule has 2 fully saturated rings. The van der Waals surface area contributed by atoms with Crippen LogP contribution in [0.5, 0.6) is 0 Å². The zero-order valence-electron chi connectivity index (χ0n) is 16.6. The Labute approximate surface area is 189 Å². The third-order valence-corrected chi connectivity index (χ3v) is 5.50. The van der Waals surface area contributed by atoms with Gasteiger partial charge in [-0.1, -0.05) is 30.3 Å². The molecule has 7 nitrogen and oxygen atoms in total. The van der Waals surface area contributed by atoms with Gasteiger partial charge in [0.1, 0.15) is 0 Å². The second kappa shape index (κ2) is 10.7. The summed E-state index contributed by atoms with van der Waals surface area (Å²) in [5.74, 6) is 1.78. The lowest BCUT2D eigenvalue weighted by Gasteiger charge is -2.35. The van der Waals surface area contributed by atoms with Crippen molar-refractivity contribution in [3.63, 3.8) is 0 Å². The second-order valence-corrected chi connectivity index (χ2v) is 7.33. The minimum absolute atomic E-state index is 0. The summed E-state index contributed by atoms with van der Waals surface area (Å²) in [5.41, 5.74) is 7.55. The summed E-state index contributed by atoms with van der Waals surface area (Å²) in [6, 6.07) is 12.3. The maximum atomic E-state index is 6.32. The number of rotatable bonds is 4. The molecule has 0 bridgehead atoms. The summed E-state index contributed by atoms with van der Waals surface area (Å²) in [6.07, 6.45) is 5.87. The van der Waals surface area contributed by atoms with Gasteiger partial charge in [0.05, 0.1) is 6.10 Å². The fourth-order valence-electron chi connectivity index (χ4n) is 3.94. The molecule has 0 saturated carbocycles. The number of aromatic nitrogens is 2. The van der Waals surface area contributed by atoms with Crippen molar-refractivity contribution in [2.45, 2.75) is 18.9 Å². The molecule has 0 radical (unpaired) electrons. The Morgan fingerprint density at radius 3 is 2.52 bits per heavy atom. The number of nitrogens with two attached hydrogens (primary N) is 1. The van der Waals surface area contributed by atoms with Crippen molar-refractivity contribution in [2.75, 3.05) is 44.2 Å². The SMILES string of the molecule is I.NC(=NCC1CCCOC1c1ccccc1)N1CCN(c2ncccn2)CC1. The van der Waals surface area contributed by atoms with Crippen molar-refractivity contribution in [3.8, 4) is 0 Å². The molecule has 2 unspecified atom stereocenters. The van der Waals surface area contributed by atoms with Crippen LogP contribution < -0.4 is 10.6 Å². The minimum atomic E-state index is 0. The fraction of sp³-hybridized carbons (Fsp3) is 0.476. The largest absolute Gasteiger partial charge is 0.373 e. The first kappa shape index (κ1) is 21.8. The van der Waals surface area contributed by atoms with Crippen LogP contribution in [0.15, 0.2) is 53.8 Å². The first-order valence-corrected chi connectivity index (χ1v) is 10.0. The van der Waals surface area contributed by atoms with Gasteiger partial charge >= 0.3 is 0 Å². The maximum absolute atomic E-state index is 6.32. The van der Waals surface area contributed by atoms with E-state index in [0.717, 1.165) is 51.6 Å². The van der Waals surface area contributed by atoms with Gasteiger partial charge in [0, 0.05) is 57.6 Å². The molecular weight excluding hydrogens is 479 g/mol. The normalized spacial score (nSPS) is 22.8. The fourth-order valence-corrected chi connectivity index (χ4v) is 3.94. The van der Waals surface area contributed by atoms with Gasteiger partial charge in [-0.05, 0) is 24.5 Å². The molecule has 0 amide bonds. The number of hydrogen-bond donors (Lipinski definition) is 1. The molecule has 2 aromatic rings. The van der Waals surface area contributed by atoms with E-state index in [1.165, 1.54) is 5.56 Å². The van der Waals surface area contributed by atoms with Crippen LogP contribution in [0.3, 0.4) is 0 Å². The Hall–Kier alpha value is -1.94. The third-order valence-electron chi connectivity index (χ3n) is 5.50. The number of anilines is 1. The lowest BCUT2D eigenvalue weighted by Crippen LogP contribution is -2.51. The zero-order chi connectivity index (χ0) is 19.2. The van der Waals surface area contributed by atoms with E-state index in [1.54, 1.807) is 12.4 Å². The highest BCUT2D eigenvalue weighted by Gasteiger charge is 2.27. The molecule has 1 aromatic heterocycles. The summed E-state index contributed by atoms with van der Waals surface area (Å²) in [7, 11) is 0. The number of halogens is 1. The van der Waals surface area contributed by atoms with E-state index in [4.69, 9.17) is 15.5 Å². The predicted octanol–water partition coefficient (Wildman–Crippen LogP) is 2.70. The number of benzene rings is 1. The van der Waals surface area contributed by atoms with Crippen LogP contribution in [-0.2, 0) is 4.74 Å². The molecular formula is C21H29IN6O. The van der Waals surface area contributed by atoms with Gasteiger partial charge in [-0.2, -0.15) is 0 Å². The van der Waals surface area contributed by atoms with E-state index in [-0.39, 0.29) is 30.1 Å². The maximum Gasteiger partial charge on any atom is 0.225 e. The average molecular weight is 508 g/mol. The Bertz CT molecular complexity index is 767. The van der Waals surface area contributed by atoms with Gasteiger partial charge < -0.3 is 20.3 Å². The van der Waals surface area contributed by atoms with Crippen molar-refractivity contribution in [1.82, 2.24) is 14.9 Å². The molecule has 2 saturated heterocycles. The van der Waals surface area contributed by atoms with Crippen LogP contribution in [-0.4, -0.2) is 60.2 Å². The number of guanidine groups is 1. The molecule has 8 heteroatoms. The van der Waals surface area contributed by atoms with Crippen LogP contribution >= 0.6 is 24.0 Å². The first-order valence-electron chi connectivity index (χ1n) is 10.0. The van der Waals surface area contributed by atoms with Crippen LogP contribution in [0.2, 0.25) is 0 Å². The quantitative estimate of drug-likeness (QED) is 0.389. The van der Waals surface area contributed by atoms with Crippen LogP contribution in [0.25, 0.3) is 0 Å². The second-order valence-electron chi connectivity index (χ2n) is 7.33. The Balaban J connectivity index is 0.00000240. The van der Waals surface area contributed by atoms with Crippen molar-refractivity contribution >= 4 is 35.9 Å². The van der Waals surface area contributed by atoms with Crippen molar-refractivity contribution < 1.29 is 4.74 Å². The van der Waals surface area contributed by atoms with E-state index in [2.05, 4.69) is 44.0 Å². The Morgan fingerprint density at radius 1 is 1.07 bits per heavy atom. The average Bonchev–Trinajstić information content (AvgIpc) is 2.79. The number of nitrogens with zero attached hydrogens (tertiary/aromatic N) is 5. The van der Waals surface area contributed by atoms with E-state index in [9.17, 15) is 0 Å². The summed E-state index contributed by atoms with van der Waals surface area (Å²) in [6.45, 7) is 4.87. The van der Waals surface area contributed by atoms with Gasteiger partial charge in [-0.25, -0.2) is 9.97 Å². The topological polar surface area (TPSA) is 79.9 Å². The summed E-state index contributed by atoms with van der Waals surface area (Å²) < 4.78 is 6.07. The Morgan fingerprint density at radius 2 is 1.79 bits per heavy atom. The van der Waals surface area contributed by atoms with Crippen molar-refractivity contribution in [1.29, 1.82) is 0 Å². The molecule has 0 spiro atoms. The molecule has 0 aliphatic carbocycles. The van der Waals surface area contributed by atoms with Gasteiger partial charge in [-0.3, -0.25) is 4.99 Å². The number of piperazine rings is 1. The lowest BCUT2D eigenvalue weighted by atomic mass is 9.89. The monoisotopic (exact) mass is 508 g/mol. The molecule has 2 aliphatic heterocycles. The predicted molar refractivity (Wildman–Crippen MR) is 126 cm³/mol. The third kappa shape index (κ3) is 5.57. The molecule has 1 aromatic carbocycles. The molecule has 3 heterocycles. The van der Waals surface area contributed by atoms with Gasteiger partial charge in [0.2, 0.25) is 5.95 Å². The van der Waals surface area contributed by atoms with E-state index in [0.29, 0.717) is 18.4 Å². The zero-order valence-corrected chi connectivity index (χ0v) is 18.9. The highest BCUT2D eigenvalue weighted by Crippen LogP contribution is 2.33. The Kier molecular flexibility index (Phi) is 8.05. The lowest BCUT2D eigenvalue weighted by molar-refractivity contribution is -0.0250. The van der Waals surface area contributed by atoms with Crippen molar-refractivity contribution in [2.24, 2.45) is 16.6 Å². The van der Waals surface area contributed by atoms with Gasteiger partial charge in [-0.15, -0.1) is 24.0 Å². The number of ether oxygens (including phenoxy) is 1. The van der Waals surface area contributed by atoms with Crippen molar-refractivity contribution in [3.05, 3.63) is 54.4 Å². The first-order chi connectivity index (χ1) is 13.8. The van der Waals surface area contributed by atoms with E-state index in [1.807, 2.05) is 12.1 Å². The standard InChI is InChI=1S/C21H28N6O.HI/c22-20(26-11-13-27(14-12-26)21-23-9-5-10-24-21)25-16-18-8-4-15-28-19(18)17-6-2-1-3-7-17;/h1-3,5-7,9-10,18-19H,4,8,11-16H2,(H2,22,25);1H. The smallest absolute Gasteiger partial charge is 0.225 e. The van der Waals surface area contributed by atoms with Gasteiger partial charge in [0.25, 0.3) is 0 Å². The molecule has 2 atom stereocenters. The van der Waals surface area contributed by atoms with Crippen LogP contribution in [0, 0.1) is 5.92 Å². The van der Waals surface area contributed by atoms with Gasteiger partial charge in [0.15, 0.2) is 5.96 Å². The molecule has 4 rings (SSSR count). The van der Waals surface area contributed by atoms with E-state index >= 15 is 0 Å². The number of hydrogen-bond acceptors (Lipinski definition) is 5. The molecule has 29 heavy (non-hydrogen) atoms. The van der Waals surface area contributed by atoms with E-state index < -0.39 is 0 Å². The minimum Gasteiger partial charge on any atom is -0.373 e. The van der Waals surface area contributed by atoms with Crippen LogP contribution in [0.4, 0.5) is 5.95 Å². The molecule has 156 valence electrons. The van der Waals surface area contributed by atoms with Crippen LogP contribution in [0.1, 0.15) is 24.5 Å². The summed E-state index contributed by atoms with van der Waals surface area (Å²) in [4.78, 5) is 17.7.